The third-order valence-corrected chi connectivity index (χ3v) is 11.7. The van der Waals surface area contributed by atoms with Crippen molar-refractivity contribution in [3.8, 4) is 0 Å². The van der Waals surface area contributed by atoms with Crippen LogP contribution in [0.2, 0.25) is 0 Å². The molecular formula is C36H53F2N3O3. The fourth-order valence-electron chi connectivity index (χ4n) is 9.15. The second kappa shape index (κ2) is 13.6. The first-order valence-corrected chi connectivity index (χ1v) is 17.7. The lowest BCUT2D eigenvalue weighted by Gasteiger charge is -2.45. The summed E-state index contributed by atoms with van der Waals surface area (Å²) in [7, 11) is 0. The second-order valence-electron chi connectivity index (χ2n) is 14.6. The van der Waals surface area contributed by atoms with E-state index in [4.69, 9.17) is 0 Å². The Morgan fingerprint density at radius 2 is 1.77 bits per heavy atom. The Labute approximate surface area is 262 Å². The summed E-state index contributed by atoms with van der Waals surface area (Å²) < 4.78 is 29.0. The van der Waals surface area contributed by atoms with Gasteiger partial charge in [-0.05, 0) is 92.6 Å². The number of halogens is 2. The van der Waals surface area contributed by atoms with Crippen molar-refractivity contribution < 1.29 is 23.5 Å². The minimum atomic E-state index is -1.18. The van der Waals surface area contributed by atoms with E-state index in [0.29, 0.717) is 48.6 Å². The van der Waals surface area contributed by atoms with E-state index in [-0.39, 0.29) is 24.4 Å². The summed E-state index contributed by atoms with van der Waals surface area (Å²) in [6.07, 6.45) is 12.9. The SMILES string of the molecule is CCCC1NC2=C(C[C@@H]1C(=O)O)C(=O)N(C1CCN(CC3C[C@H](C4CC4)C(C4=CC[C@H](F)C[C@@H]4F)=C[C@@H]3CCC)CC1)CC2. The summed E-state index contributed by atoms with van der Waals surface area (Å²) in [5.41, 5.74) is 3.68. The molecule has 2 N–H and O–H groups in total. The first-order chi connectivity index (χ1) is 21.3. The molecule has 2 unspecified atom stereocenters. The molecule has 0 aromatic heterocycles. The molecule has 44 heavy (non-hydrogen) atoms. The van der Waals surface area contributed by atoms with Crippen LogP contribution < -0.4 is 5.32 Å². The van der Waals surface area contributed by atoms with Crippen molar-refractivity contribution in [1.29, 1.82) is 0 Å². The summed E-state index contributed by atoms with van der Waals surface area (Å²) in [6, 6.07) is 0.105. The van der Waals surface area contributed by atoms with Crippen molar-refractivity contribution in [3.63, 3.8) is 0 Å². The number of carboxylic acids is 1. The molecule has 1 saturated heterocycles. The first kappa shape index (κ1) is 31.7. The van der Waals surface area contributed by atoms with E-state index in [1.807, 2.05) is 11.0 Å². The number of alkyl halides is 2. The summed E-state index contributed by atoms with van der Waals surface area (Å²) in [6.45, 7) is 7.98. The fraction of sp³-hybridized carbons (Fsp3) is 0.778. The molecule has 0 spiro atoms. The number of hydrogen-bond donors (Lipinski definition) is 2. The quantitative estimate of drug-likeness (QED) is 0.291. The van der Waals surface area contributed by atoms with E-state index in [2.05, 4.69) is 30.1 Å². The van der Waals surface area contributed by atoms with E-state index in [1.165, 1.54) is 18.4 Å². The highest BCUT2D eigenvalue weighted by Gasteiger charge is 2.44. The van der Waals surface area contributed by atoms with Crippen LogP contribution in [0.25, 0.3) is 0 Å². The Morgan fingerprint density at radius 3 is 2.43 bits per heavy atom. The molecule has 0 bridgehead atoms. The Kier molecular flexibility index (Phi) is 9.84. The van der Waals surface area contributed by atoms with Gasteiger partial charge in [-0.2, -0.15) is 0 Å². The van der Waals surface area contributed by atoms with Crippen molar-refractivity contribution in [3.05, 3.63) is 34.6 Å². The molecule has 6 nitrogen and oxygen atoms in total. The summed E-state index contributed by atoms with van der Waals surface area (Å²) in [4.78, 5) is 30.3. The van der Waals surface area contributed by atoms with Crippen LogP contribution in [0, 0.1) is 29.6 Å². The number of carbonyl (C=O) groups excluding carboxylic acids is 1. The predicted octanol–water partition coefficient (Wildman–Crippen LogP) is 6.59. The van der Waals surface area contributed by atoms with Crippen LogP contribution >= 0.6 is 0 Å². The van der Waals surface area contributed by atoms with Gasteiger partial charge in [0, 0.05) is 62.4 Å². The Bertz CT molecular complexity index is 1170. The van der Waals surface area contributed by atoms with Crippen LogP contribution in [0.1, 0.15) is 97.3 Å². The van der Waals surface area contributed by atoms with E-state index in [1.54, 1.807) is 0 Å². The number of amides is 1. The molecule has 6 aliphatic rings. The molecule has 0 radical (unpaired) electrons. The molecule has 244 valence electrons. The molecular weight excluding hydrogens is 560 g/mol. The van der Waals surface area contributed by atoms with Gasteiger partial charge in [0.05, 0.1) is 5.92 Å². The topological polar surface area (TPSA) is 72.9 Å². The molecule has 7 atom stereocenters. The number of hydrogen-bond acceptors (Lipinski definition) is 4. The molecule has 3 aliphatic carbocycles. The molecule has 8 heteroatoms. The molecule has 1 amide bonds. The van der Waals surface area contributed by atoms with Gasteiger partial charge in [-0.25, -0.2) is 8.78 Å². The minimum Gasteiger partial charge on any atom is -0.481 e. The van der Waals surface area contributed by atoms with Gasteiger partial charge >= 0.3 is 5.97 Å². The van der Waals surface area contributed by atoms with Crippen LogP contribution in [0.4, 0.5) is 8.78 Å². The van der Waals surface area contributed by atoms with Crippen molar-refractivity contribution in [1.82, 2.24) is 15.1 Å². The molecule has 0 aromatic rings. The van der Waals surface area contributed by atoms with Gasteiger partial charge < -0.3 is 20.2 Å². The van der Waals surface area contributed by atoms with Gasteiger partial charge in [0.2, 0.25) is 0 Å². The normalized spacial score (nSPS) is 35.6. The van der Waals surface area contributed by atoms with E-state index in [9.17, 15) is 19.1 Å². The number of carbonyl (C=O) groups is 2. The largest absolute Gasteiger partial charge is 0.481 e. The Hall–Kier alpha value is -2.22. The number of likely N-dealkylation sites (tertiary alicyclic amines) is 1. The van der Waals surface area contributed by atoms with Gasteiger partial charge in [-0.15, -0.1) is 0 Å². The number of allylic oxidation sites excluding steroid dienone is 4. The van der Waals surface area contributed by atoms with Gasteiger partial charge in [0.25, 0.3) is 5.91 Å². The highest BCUT2D eigenvalue weighted by molar-refractivity contribution is 5.96. The highest BCUT2D eigenvalue weighted by Crippen LogP contribution is 2.51. The maximum absolute atomic E-state index is 15.1. The number of carboxylic acid groups (broad SMARTS) is 1. The lowest BCUT2D eigenvalue weighted by molar-refractivity contribution is -0.143. The Morgan fingerprint density at radius 1 is 1.02 bits per heavy atom. The number of nitrogens with one attached hydrogen (secondary N) is 1. The van der Waals surface area contributed by atoms with Crippen LogP contribution in [0.15, 0.2) is 34.6 Å². The Balaban J connectivity index is 1.09. The van der Waals surface area contributed by atoms with Crippen molar-refractivity contribution >= 4 is 11.9 Å². The van der Waals surface area contributed by atoms with E-state index < -0.39 is 24.2 Å². The smallest absolute Gasteiger partial charge is 0.308 e. The zero-order chi connectivity index (χ0) is 31.0. The van der Waals surface area contributed by atoms with Crippen LogP contribution in [-0.4, -0.2) is 77.4 Å². The number of nitrogens with zero attached hydrogens (tertiary/aromatic N) is 2. The van der Waals surface area contributed by atoms with Crippen LogP contribution in [-0.2, 0) is 9.59 Å². The maximum Gasteiger partial charge on any atom is 0.308 e. The fourth-order valence-corrected chi connectivity index (χ4v) is 9.15. The third-order valence-electron chi connectivity index (χ3n) is 11.7. The van der Waals surface area contributed by atoms with Gasteiger partial charge in [0.15, 0.2) is 0 Å². The zero-order valence-electron chi connectivity index (χ0n) is 26.8. The molecule has 1 saturated carbocycles. The van der Waals surface area contributed by atoms with Gasteiger partial charge in [-0.3, -0.25) is 9.59 Å². The second-order valence-corrected chi connectivity index (χ2v) is 14.6. The summed E-state index contributed by atoms with van der Waals surface area (Å²) >= 11 is 0. The van der Waals surface area contributed by atoms with Crippen molar-refractivity contribution in [2.75, 3.05) is 26.2 Å². The molecule has 3 heterocycles. The van der Waals surface area contributed by atoms with Gasteiger partial charge in [0.1, 0.15) is 12.3 Å². The van der Waals surface area contributed by atoms with E-state index in [0.717, 1.165) is 82.3 Å². The van der Waals surface area contributed by atoms with Gasteiger partial charge in [-0.1, -0.05) is 38.8 Å². The number of piperidine rings is 1. The zero-order valence-corrected chi connectivity index (χ0v) is 26.8. The molecule has 3 aliphatic heterocycles. The standard InChI is InChI=1S/C36H53F2N3O3/c1-3-5-23-17-29(27-10-9-25(37)19-32(27)38)28(22-7-8-22)18-24(23)21-40-14-11-26(12-15-40)41-16-13-34-30(35(41)42)20-31(36(43)44)33(39-34)6-4-2/h10,17,22-26,28,31-33,39H,3-9,11-16,18-21H2,1-2H3,(H,43,44)/t23-,24?,25-,28+,31-,32-,33?/m0/s1. The predicted molar refractivity (Wildman–Crippen MR) is 168 cm³/mol. The lowest BCUT2D eigenvalue weighted by atomic mass is 9.68. The molecule has 6 rings (SSSR count). The summed E-state index contributed by atoms with van der Waals surface area (Å²) in [5, 5.41) is 13.3. The van der Waals surface area contributed by atoms with Crippen molar-refractivity contribution in [2.24, 2.45) is 29.6 Å². The lowest BCUT2D eigenvalue weighted by Crippen LogP contribution is -2.54. The number of aliphatic carboxylic acids is 1. The van der Waals surface area contributed by atoms with Crippen LogP contribution in [0.5, 0.6) is 0 Å². The molecule has 2 fully saturated rings. The monoisotopic (exact) mass is 613 g/mol. The van der Waals surface area contributed by atoms with E-state index >= 15 is 4.39 Å². The average Bonchev–Trinajstić information content (AvgIpc) is 3.84. The highest BCUT2D eigenvalue weighted by atomic mass is 19.1. The molecule has 0 aromatic carbocycles. The summed E-state index contributed by atoms with van der Waals surface area (Å²) in [5.74, 6) is 0.681. The average molecular weight is 614 g/mol. The van der Waals surface area contributed by atoms with Crippen LogP contribution in [0.3, 0.4) is 0 Å². The minimum absolute atomic E-state index is 0.00548. The van der Waals surface area contributed by atoms with Crippen molar-refractivity contribution in [2.45, 2.75) is 122 Å². The number of rotatable bonds is 10. The first-order valence-electron chi connectivity index (χ1n) is 17.7. The third kappa shape index (κ3) is 6.66. The maximum atomic E-state index is 15.1.